The van der Waals surface area contributed by atoms with Crippen LogP contribution in [0.15, 0.2) is 35.2 Å². The lowest BCUT2D eigenvalue weighted by atomic mass is 10.1. The number of nitrogens with zero attached hydrogens (tertiary/aromatic N) is 3. The molecule has 28 heavy (non-hydrogen) atoms. The van der Waals surface area contributed by atoms with E-state index in [0.717, 1.165) is 33.9 Å². The van der Waals surface area contributed by atoms with E-state index in [4.69, 9.17) is 11.6 Å². The molecule has 5 nitrogen and oxygen atoms in total. The van der Waals surface area contributed by atoms with Crippen molar-refractivity contribution in [3.8, 4) is 11.8 Å². The number of thiazole rings is 1. The van der Waals surface area contributed by atoms with Crippen LogP contribution in [-0.4, -0.2) is 15.5 Å². The first kappa shape index (κ1) is 19.9. The number of anilines is 1. The van der Waals surface area contributed by atoms with Crippen LogP contribution >= 0.6 is 22.9 Å². The van der Waals surface area contributed by atoms with Crippen LogP contribution in [0.5, 0.6) is 0 Å². The Hall–Kier alpha value is -2.88. The summed E-state index contributed by atoms with van der Waals surface area (Å²) in [4.78, 5) is 16.7. The molecule has 0 radical (unpaired) electrons. The van der Waals surface area contributed by atoms with E-state index >= 15 is 0 Å². The molecule has 0 fully saturated rings. The molecule has 1 amide bonds. The maximum atomic E-state index is 12.5. The second kappa shape index (κ2) is 8.01. The van der Waals surface area contributed by atoms with E-state index in [1.54, 1.807) is 6.08 Å². The van der Waals surface area contributed by atoms with E-state index in [1.807, 2.05) is 63.4 Å². The van der Waals surface area contributed by atoms with Crippen LogP contribution in [0.1, 0.15) is 28.2 Å². The number of benzene rings is 1. The van der Waals surface area contributed by atoms with Gasteiger partial charge >= 0.3 is 0 Å². The standard InChI is InChI=1S/C21H19ClN4OS/c1-12-5-6-18(22)9-19(12)26-14(3)7-16(15(26)4)8-17(10-23)20(27)25-21-24-13(2)11-28-21/h5-9,11H,1-4H3,(H,24,25,27). The van der Waals surface area contributed by atoms with Gasteiger partial charge in [-0.15, -0.1) is 11.3 Å². The van der Waals surface area contributed by atoms with Gasteiger partial charge in [0.15, 0.2) is 5.13 Å². The van der Waals surface area contributed by atoms with Crippen molar-refractivity contribution < 1.29 is 4.79 Å². The van der Waals surface area contributed by atoms with Crippen molar-refractivity contribution in [1.29, 1.82) is 5.26 Å². The van der Waals surface area contributed by atoms with E-state index in [1.165, 1.54) is 11.3 Å². The van der Waals surface area contributed by atoms with Gasteiger partial charge in [-0.1, -0.05) is 17.7 Å². The minimum atomic E-state index is -0.472. The molecule has 3 aromatic rings. The molecule has 0 bridgehead atoms. The van der Waals surface area contributed by atoms with Crippen LogP contribution in [0, 0.1) is 39.0 Å². The number of amides is 1. The van der Waals surface area contributed by atoms with Gasteiger partial charge in [0.1, 0.15) is 11.6 Å². The molecule has 0 unspecified atom stereocenters. The molecule has 0 aliphatic carbocycles. The fourth-order valence-electron chi connectivity index (χ4n) is 3.01. The lowest BCUT2D eigenvalue weighted by molar-refractivity contribution is -0.112. The summed E-state index contributed by atoms with van der Waals surface area (Å²) in [5, 5.41) is 15.1. The Morgan fingerprint density at radius 1 is 1.29 bits per heavy atom. The molecular formula is C21H19ClN4OS. The molecule has 7 heteroatoms. The molecule has 0 saturated heterocycles. The number of nitriles is 1. The molecule has 2 heterocycles. The highest BCUT2D eigenvalue weighted by Crippen LogP contribution is 2.27. The zero-order chi connectivity index (χ0) is 20.4. The highest BCUT2D eigenvalue weighted by Gasteiger charge is 2.16. The van der Waals surface area contributed by atoms with E-state index in [0.29, 0.717) is 10.2 Å². The lowest BCUT2D eigenvalue weighted by Gasteiger charge is -2.13. The number of carbonyl (C=O) groups is 1. The largest absolute Gasteiger partial charge is 0.318 e. The fraction of sp³-hybridized carbons (Fsp3) is 0.190. The van der Waals surface area contributed by atoms with E-state index in [-0.39, 0.29) is 5.57 Å². The quantitative estimate of drug-likeness (QED) is 0.464. The molecule has 142 valence electrons. The minimum Gasteiger partial charge on any atom is -0.318 e. The summed E-state index contributed by atoms with van der Waals surface area (Å²) in [6.07, 6.45) is 1.61. The summed E-state index contributed by atoms with van der Waals surface area (Å²) in [7, 11) is 0. The van der Waals surface area contributed by atoms with Gasteiger partial charge in [0, 0.05) is 27.5 Å². The summed E-state index contributed by atoms with van der Waals surface area (Å²) in [6.45, 7) is 7.80. The highest BCUT2D eigenvalue weighted by atomic mass is 35.5. The first-order chi connectivity index (χ1) is 13.3. The van der Waals surface area contributed by atoms with Crippen LogP contribution in [0.3, 0.4) is 0 Å². The molecule has 0 spiro atoms. The number of nitrogens with one attached hydrogen (secondary N) is 1. The third-order valence-electron chi connectivity index (χ3n) is 4.39. The molecule has 2 aromatic heterocycles. The topological polar surface area (TPSA) is 70.7 Å². The monoisotopic (exact) mass is 410 g/mol. The van der Waals surface area contributed by atoms with E-state index in [2.05, 4.69) is 14.9 Å². The summed E-state index contributed by atoms with van der Waals surface area (Å²) < 4.78 is 2.07. The predicted molar refractivity (Wildman–Crippen MR) is 114 cm³/mol. The Labute approximate surface area is 172 Å². The minimum absolute atomic E-state index is 0.0240. The number of aromatic nitrogens is 2. The van der Waals surface area contributed by atoms with Gasteiger partial charge in [0.05, 0.1) is 5.69 Å². The second-order valence-corrected chi connectivity index (χ2v) is 7.81. The zero-order valence-electron chi connectivity index (χ0n) is 16.0. The predicted octanol–water partition coefficient (Wildman–Crippen LogP) is 5.37. The van der Waals surface area contributed by atoms with Crippen molar-refractivity contribution in [2.45, 2.75) is 27.7 Å². The van der Waals surface area contributed by atoms with E-state index < -0.39 is 5.91 Å². The summed E-state index contributed by atoms with van der Waals surface area (Å²) >= 11 is 7.50. The van der Waals surface area contributed by atoms with Crippen molar-refractivity contribution in [2.24, 2.45) is 0 Å². The summed E-state index contributed by atoms with van der Waals surface area (Å²) in [5.41, 5.74) is 5.62. The van der Waals surface area contributed by atoms with E-state index in [9.17, 15) is 10.1 Å². The first-order valence-corrected chi connectivity index (χ1v) is 9.86. The van der Waals surface area contributed by atoms with Crippen LogP contribution in [0.2, 0.25) is 5.02 Å². The first-order valence-electron chi connectivity index (χ1n) is 8.61. The van der Waals surface area contributed by atoms with Gasteiger partial charge in [0.25, 0.3) is 5.91 Å². The normalized spacial score (nSPS) is 11.4. The number of rotatable bonds is 4. The van der Waals surface area contributed by atoms with Gasteiger partial charge in [-0.25, -0.2) is 4.98 Å². The Kier molecular flexibility index (Phi) is 5.68. The zero-order valence-corrected chi connectivity index (χ0v) is 17.6. The van der Waals surface area contributed by atoms with Crippen molar-refractivity contribution in [3.05, 3.63) is 68.4 Å². The van der Waals surface area contributed by atoms with Crippen molar-refractivity contribution >= 4 is 40.1 Å². The van der Waals surface area contributed by atoms with Crippen LogP contribution < -0.4 is 5.32 Å². The maximum Gasteiger partial charge on any atom is 0.268 e. The fourth-order valence-corrected chi connectivity index (χ4v) is 3.86. The average molecular weight is 411 g/mol. The molecule has 1 aromatic carbocycles. The summed E-state index contributed by atoms with van der Waals surface area (Å²) in [5.74, 6) is -0.472. The second-order valence-electron chi connectivity index (χ2n) is 6.51. The van der Waals surface area contributed by atoms with Gasteiger partial charge < -0.3 is 4.57 Å². The van der Waals surface area contributed by atoms with Gasteiger partial charge in [-0.3, -0.25) is 10.1 Å². The number of hydrogen-bond acceptors (Lipinski definition) is 4. The third-order valence-corrected chi connectivity index (χ3v) is 5.50. The Bertz CT molecular complexity index is 1130. The smallest absolute Gasteiger partial charge is 0.268 e. The maximum absolute atomic E-state index is 12.5. The van der Waals surface area contributed by atoms with Crippen LogP contribution in [0.4, 0.5) is 5.13 Å². The number of aryl methyl sites for hydroxylation is 3. The van der Waals surface area contributed by atoms with Gasteiger partial charge in [-0.05, 0) is 63.1 Å². The number of hydrogen-bond donors (Lipinski definition) is 1. The van der Waals surface area contributed by atoms with Crippen molar-refractivity contribution in [2.75, 3.05) is 5.32 Å². The van der Waals surface area contributed by atoms with Crippen LogP contribution in [-0.2, 0) is 4.79 Å². The average Bonchev–Trinajstić information content (AvgIpc) is 3.17. The SMILES string of the molecule is Cc1csc(NC(=O)C(C#N)=Cc2cc(C)n(-c3cc(Cl)ccc3C)c2C)n1. The highest BCUT2D eigenvalue weighted by molar-refractivity contribution is 7.13. The molecular weight excluding hydrogens is 392 g/mol. The Balaban J connectivity index is 1.98. The lowest BCUT2D eigenvalue weighted by Crippen LogP contribution is -2.13. The number of halogens is 1. The Morgan fingerprint density at radius 3 is 2.68 bits per heavy atom. The van der Waals surface area contributed by atoms with Crippen molar-refractivity contribution in [1.82, 2.24) is 9.55 Å². The Morgan fingerprint density at radius 2 is 2.04 bits per heavy atom. The van der Waals surface area contributed by atoms with Crippen molar-refractivity contribution in [3.63, 3.8) is 0 Å². The molecule has 0 aliphatic heterocycles. The summed E-state index contributed by atoms with van der Waals surface area (Å²) in [6, 6.07) is 9.67. The molecule has 0 saturated carbocycles. The third kappa shape index (κ3) is 4.01. The van der Waals surface area contributed by atoms with Gasteiger partial charge in [-0.2, -0.15) is 5.26 Å². The molecule has 3 rings (SSSR count). The van der Waals surface area contributed by atoms with Crippen LogP contribution in [0.25, 0.3) is 11.8 Å². The molecule has 1 N–H and O–H groups in total. The molecule has 0 aliphatic rings. The number of carbonyl (C=O) groups excluding carboxylic acids is 1. The molecule has 0 atom stereocenters. The van der Waals surface area contributed by atoms with Gasteiger partial charge in [0.2, 0.25) is 0 Å².